The van der Waals surface area contributed by atoms with E-state index in [1.807, 2.05) is 32.0 Å². The lowest BCUT2D eigenvalue weighted by molar-refractivity contribution is -0.137. The molecule has 39 heavy (non-hydrogen) atoms. The summed E-state index contributed by atoms with van der Waals surface area (Å²) in [6.07, 6.45) is -2.84. The van der Waals surface area contributed by atoms with Crippen molar-refractivity contribution >= 4 is 45.0 Å². The predicted octanol–water partition coefficient (Wildman–Crippen LogP) is 7.16. The summed E-state index contributed by atoms with van der Waals surface area (Å²) in [4.78, 5) is 16.7. The van der Waals surface area contributed by atoms with E-state index in [0.29, 0.717) is 10.8 Å². The first-order valence-electron chi connectivity index (χ1n) is 12.1. The minimum absolute atomic E-state index is 0.0196. The van der Waals surface area contributed by atoms with Crippen molar-refractivity contribution in [3.05, 3.63) is 106 Å². The predicted molar refractivity (Wildman–Crippen MR) is 149 cm³/mol. The lowest BCUT2D eigenvalue weighted by Gasteiger charge is -2.11. The first-order valence-corrected chi connectivity index (χ1v) is 12.9. The van der Waals surface area contributed by atoms with Crippen LogP contribution in [0.3, 0.4) is 0 Å². The summed E-state index contributed by atoms with van der Waals surface area (Å²) < 4.78 is 41.0. The summed E-state index contributed by atoms with van der Waals surface area (Å²) >= 11 is 1.20. The van der Waals surface area contributed by atoms with E-state index in [9.17, 15) is 18.0 Å². The fraction of sp³-hybridized carbons (Fsp3) is 0.138. The highest BCUT2D eigenvalue weighted by molar-refractivity contribution is 7.13. The summed E-state index contributed by atoms with van der Waals surface area (Å²) in [6, 6.07) is 21.4. The molecule has 0 saturated carbocycles. The van der Waals surface area contributed by atoms with Crippen LogP contribution in [0, 0.1) is 13.8 Å². The van der Waals surface area contributed by atoms with Crippen molar-refractivity contribution in [1.82, 2.24) is 15.0 Å². The minimum Gasteiger partial charge on any atom is -0.332 e. The number of halogens is 3. The van der Waals surface area contributed by atoms with Crippen molar-refractivity contribution in [3.8, 4) is 5.69 Å². The second kappa shape index (κ2) is 10.7. The Bertz CT molecular complexity index is 1690. The molecule has 0 bridgehead atoms. The van der Waals surface area contributed by atoms with Crippen molar-refractivity contribution in [2.75, 3.05) is 5.32 Å². The van der Waals surface area contributed by atoms with E-state index >= 15 is 0 Å². The molecule has 0 atom stereocenters. The van der Waals surface area contributed by atoms with E-state index < -0.39 is 11.7 Å². The van der Waals surface area contributed by atoms with Crippen LogP contribution >= 0.6 is 11.3 Å². The molecule has 0 fully saturated rings. The molecule has 0 aliphatic carbocycles. The van der Waals surface area contributed by atoms with Gasteiger partial charge in [0.25, 0.3) is 0 Å². The van der Waals surface area contributed by atoms with Crippen molar-refractivity contribution < 1.29 is 18.0 Å². The number of nitrogens with one attached hydrogen (secondary N) is 2. The van der Waals surface area contributed by atoms with E-state index in [2.05, 4.69) is 55.7 Å². The zero-order valence-corrected chi connectivity index (χ0v) is 21.9. The number of nitrogens with zero attached hydrogens (tertiary/aromatic N) is 3. The van der Waals surface area contributed by atoms with E-state index in [1.54, 1.807) is 11.6 Å². The third-order valence-corrected chi connectivity index (χ3v) is 7.00. The summed E-state index contributed by atoms with van der Waals surface area (Å²) in [5, 5.41) is 11.4. The van der Waals surface area contributed by atoms with Crippen molar-refractivity contribution in [1.29, 1.82) is 0 Å². The Morgan fingerprint density at radius 2 is 1.82 bits per heavy atom. The van der Waals surface area contributed by atoms with Crippen LogP contribution in [0.2, 0.25) is 0 Å². The number of hydrogen-bond donors (Lipinski definition) is 2. The van der Waals surface area contributed by atoms with Crippen LogP contribution < -0.4 is 10.7 Å². The van der Waals surface area contributed by atoms with Crippen molar-refractivity contribution in [2.45, 2.75) is 26.4 Å². The number of amides is 1. The summed E-state index contributed by atoms with van der Waals surface area (Å²) in [7, 11) is 0. The Balaban J connectivity index is 1.21. The molecule has 0 unspecified atom stereocenters. The van der Waals surface area contributed by atoms with Gasteiger partial charge >= 0.3 is 6.18 Å². The summed E-state index contributed by atoms with van der Waals surface area (Å²) in [5.74, 6) is -0.356. The fourth-order valence-electron chi connectivity index (χ4n) is 4.35. The molecule has 2 N–H and O–H groups in total. The van der Waals surface area contributed by atoms with Crippen LogP contribution in [0.4, 0.5) is 24.0 Å². The molecule has 5 rings (SSSR count). The average molecular weight is 548 g/mol. The monoisotopic (exact) mass is 547 g/mol. The smallest absolute Gasteiger partial charge is 0.332 e. The topological polar surface area (TPSA) is 71.3 Å². The van der Waals surface area contributed by atoms with Crippen LogP contribution in [0.25, 0.3) is 16.5 Å². The number of rotatable bonds is 7. The second-order valence-electron chi connectivity index (χ2n) is 9.01. The highest BCUT2D eigenvalue weighted by atomic mass is 32.1. The molecule has 0 spiro atoms. The van der Waals surface area contributed by atoms with Gasteiger partial charge in [-0.25, -0.2) is 10.4 Å². The molecular formula is C29H24F3N5OS. The van der Waals surface area contributed by atoms with Gasteiger partial charge in [0, 0.05) is 33.7 Å². The first kappa shape index (κ1) is 26.2. The maximum absolute atomic E-state index is 12.9. The number of fused-ring (bicyclic) bond motifs is 1. The molecule has 2 aromatic heterocycles. The number of carbonyl (C=O) groups excluding carboxylic acids is 1. The van der Waals surface area contributed by atoms with Gasteiger partial charge in [-0.05, 0) is 61.0 Å². The third-order valence-electron chi connectivity index (χ3n) is 6.19. The fourth-order valence-corrected chi connectivity index (χ4v) is 5.08. The summed E-state index contributed by atoms with van der Waals surface area (Å²) in [5.41, 5.74) is 6.48. The molecule has 10 heteroatoms. The number of hydrogen-bond acceptors (Lipinski definition) is 5. The maximum atomic E-state index is 12.9. The molecule has 0 radical (unpaired) electrons. The van der Waals surface area contributed by atoms with Crippen molar-refractivity contribution in [2.24, 2.45) is 5.10 Å². The highest BCUT2D eigenvalue weighted by Gasteiger charge is 2.30. The molecule has 3 aromatic carbocycles. The van der Waals surface area contributed by atoms with E-state index in [4.69, 9.17) is 0 Å². The number of anilines is 2. The van der Waals surface area contributed by atoms with E-state index in [0.717, 1.165) is 40.2 Å². The quantitative estimate of drug-likeness (QED) is 0.168. The molecule has 5 aromatic rings. The maximum Gasteiger partial charge on any atom is 0.416 e. The SMILES string of the molecule is Cc1cc(/C=N\NC(=O)Cc2csc(Nc3cccc(C(F)(F)F)c3)n2)c(C)n1-c1ccc2ccccc2c1. The standard InChI is InChI=1S/C29H24F3N5OS/c1-18-12-22(19(2)37(18)26-11-10-20-6-3-4-7-21(20)13-26)16-33-36-27(38)15-25-17-39-28(35-25)34-24-9-5-8-23(14-24)29(30,31)32/h3-14,16-17H,15H2,1-2H3,(H,34,35)(H,36,38)/b33-16-. The van der Waals surface area contributed by atoms with Gasteiger partial charge in [-0.3, -0.25) is 4.79 Å². The first-order chi connectivity index (χ1) is 18.7. The molecule has 0 saturated heterocycles. The molecule has 0 aliphatic heterocycles. The number of alkyl halides is 3. The Labute approximate surface area is 226 Å². The van der Waals surface area contributed by atoms with Crippen molar-refractivity contribution in [3.63, 3.8) is 0 Å². The van der Waals surface area contributed by atoms with Crippen LogP contribution in [-0.4, -0.2) is 21.7 Å². The molecular weight excluding hydrogens is 523 g/mol. The van der Waals surface area contributed by atoms with Gasteiger partial charge in [-0.15, -0.1) is 11.3 Å². The van der Waals surface area contributed by atoms with Crippen LogP contribution in [0.5, 0.6) is 0 Å². The number of carbonyl (C=O) groups is 1. The number of aromatic nitrogens is 2. The Kier molecular flexibility index (Phi) is 7.21. The highest BCUT2D eigenvalue weighted by Crippen LogP contribution is 2.32. The minimum atomic E-state index is -4.43. The van der Waals surface area contributed by atoms with Gasteiger partial charge in [0.05, 0.1) is 23.9 Å². The third kappa shape index (κ3) is 6.01. The van der Waals surface area contributed by atoms with E-state index in [-0.39, 0.29) is 18.0 Å². The van der Waals surface area contributed by atoms with E-state index in [1.165, 1.54) is 28.9 Å². The zero-order valence-electron chi connectivity index (χ0n) is 21.1. The average Bonchev–Trinajstić information content (AvgIpc) is 3.45. The summed E-state index contributed by atoms with van der Waals surface area (Å²) in [6.45, 7) is 4.02. The molecule has 2 heterocycles. The lowest BCUT2D eigenvalue weighted by Crippen LogP contribution is -2.20. The number of benzene rings is 3. The molecule has 1 amide bonds. The number of thiazole rings is 1. The largest absolute Gasteiger partial charge is 0.416 e. The van der Waals surface area contributed by atoms with Gasteiger partial charge in [-0.2, -0.15) is 18.3 Å². The van der Waals surface area contributed by atoms with Crippen LogP contribution in [0.15, 0.2) is 83.3 Å². The Morgan fingerprint density at radius 3 is 2.62 bits per heavy atom. The molecule has 198 valence electrons. The Morgan fingerprint density at radius 1 is 1.03 bits per heavy atom. The Hall–Kier alpha value is -4.44. The second-order valence-corrected chi connectivity index (χ2v) is 9.87. The van der Waals surface area contributed by atoms with Gasteiger partial charge in [-0.1, -0.05) is 36.4 Å². The number of hydrazone groups is 1. The zero-order chi connectivity index (χ0) is 27.6. The van der Waals surface area contributed by atoms with Gasteiger partial charge < -0.3 is 9.88 Å². The van der Waals surface area contributed by atoms with Crippen LogP contribution in [0.1, 0.15) is 28.2 Å². The van der Waals surface area contributed by atoms with Gasteiger partial charge in [0.1, 0.15) is 0 Å². The molecule has 6 nitrogen and oxygen atoms in total. The molecule has 0 aliphatic rings. The van der Waals surface area contributed by atoms with Gasteiger partial charge in [0.15, 0.2) is 5.13 Å². The number of aryl methyl sites for hydroxylation is 1. The van der Waals surface area contributed by atoms with Gasteiger partial charge in [0.2, 0.25) is 5.91 Å². The normalized spacial score (nSPS) is 11.8. The van der Waals surface area contributed by atoms with Crippen LogP contribution in [-0.2, 0) is 17.4 Å². The lowest BCUT2D eigenvalue weighted by atomic mass is 10.1.